The molecular weight excluding hydrogens is 252 g/mol. The summed E-state index contributed by atoms with van der Waals surface area (Å²) in [5.74, 6) is 1.08. The van der Waals surface area contributed by atoms with Crippen LogP contribution in [0.25, 0.3) is 0 Å². The van der Waals surface area contributed by atoms with Gasteiger partial charge < -0.3 is 9.84 Å². The topological polar surface area (TPSA) is 66.1 Å². The highest BCUT2D eigenvalue weighted by Gasteiger charge is 2.16. The Labute approximate surface area is 117 Å². The van der Waals surface area contributed by atoms with Crippen LogP contribution < -0.4 is 4.74 Å². The summed E-state index contributed by atoms with van der Waals surface area (Å²) in [5, 5.41) is 18.5. The maximum Gasteiger partial charge on any atom is 0.237 e. The molecule has 2 aromatic rings. The smallest absolute Gasteiger partial charge is 0.237 e. The Balaban J connectivity index is 1.96. The molecule has 1 N–H and O–H groups in total. The first kappa shape index (κ1) is 12.5. The van der Waals surface area contributed by atoms with E-state index in [0.29, 0.717) is 17.2 Å². The Hall–Kier alpha value is -2.54. The molecule has 100 valence electrons. The molecule has 0 spiro atoms. The molecule has 0 radical (unpaired) electrons. The van der Waals surface area contributed by atoms with E-state index in [9.17, 15) is 10.4 Å². The number of hydrogen-bond acceptors (Lipinski definition) is 4. The minimum absolute atomic E-state index is 0.177. The summed E-state index contributed by atoms with van der Waals surface area (Å²) in [4.78, 5) is 4.49. The summed E-state index contributed by atoms with van der Waals surface area (Å²) in [6, 6.07) is 10.4. The number of aryl methyl sites for hydroxylation is 2. The van der Waals surface area contributed by atoms with Crippen molar-refractivity contribution in [3.8, 4) is 23.4 Å². The molecule has 0 unspecified atom stereocenters. The summed E-state index contributed by atoms with van der Waals surface area (Å²) in [7, 11) is 0. The normalized spacial score (nSPS) is 13.3. The van der Waals surface area contributed by atoms with Gasteiger partial charge in [0.05, 0.1) is 0 Å². The summed E-state index contributed by atoms with van der Waals surface area (Å²) >= 11 is 0. The van der Waals surface area contributed by atoms with E-state index >= 15 is 0 Å². The van der Waals surface area contributed by atoms with Crippen LogP contribution in [0, 0.1) is 11.3 Å². The minimum atomic E-state index is 0.177. The van der Waals surface area contributed by atoms with Crippen LogP contribution in [0.15, 0.2) is 30.3 Å². The Morgan fingerprint density at radius 3 is 2.65 bits per heavy atom. The van der Waals surface area contributed by atoms with Gasteiger partial charge in [0.25, 0.3) is 0 Å². The lowest BCUT2D eigenvalue weighted by Gasteiger charge is -2.16. The van der Waals surface area contributed by atoms with Crippen molar-refractivity contribution in [2.75, 3.05) is 0 Å². The number of phenolic OH excluding ortho intramolecular Hbond substituents is 1. The molecule has 20 heavy (non-hydrogen) atoms. The van der Waals surface area contributed by atoms with Crippen molar-refractivity contribution in [3.63, 3.8) is 0 Å². The third kappa shape index (κ3) is 2.43. The average molecular weight is 266 g/mol. The lowest BCUT2D eigenvalue weighted by Crippen LogP contribution is -2.07. The summed E-state index contributed by atoms with van der Waals surface area (Å²) in [6.07, 6.45) is 4.20. The lowest BCUT2D eigenvalue weighted by atomic mass is 9.95. The van der Waals surface area contributed by atoms with Gasteiger partial charge in [-0.05, 0) is 61.6 Å². The number of nitrogens with zero attached hydrogens (tertiary/aromatic N) is 2. The van der Waals surface area contributed by atoms with Gasteiger partial charge in [0.15, 0.2) is 0 Å². The van der Waals surface area contributed by atoms with Crippen LogP contribution in [0.2, 0.25) is 0 Å². The van der Waals surface area contributed by atoms with E-state index in [1.807, 2.05) is 6.07 Å². The van der Waals surface area contributed by atoms with Gasteiger partial charge in [-0.2, -0.15) is 5.26 Å². The van der Waals surface area contributed by atoms with E-state index in [0.717, 1.165) is 36.9 Å². The van der Waals surface area contributed by atoms with Gasteiger partial charge in [-0.1, -0.05) is 0 Å². The van der Waals surface area contributed by atoms with Crippen molar-refractivity contribution in [3.05, 3.63) is 47.2 Å². The fourth-order valence-corrected chi connectivity index (χ4v) is 2.40. The van der Waals surface area contributed by atoms with Crippen LogP contribution in [-0.2, 0) is 12.8 Å². The van der Waals surface area contributed by atoms with E-state index in [-0.39, 0.29) is 5.75 Å². The molecule has 0 fully saturated rings. The second-order valence-corrected chi connectivity index (χ2v) is 4.86. The number of rotatable bonds is 2. The second-order valence-electron chi connectivity index (χ2n) is 4.86. The number of aromatic nitrogens is 1. The Bertz CT molecular complexity index is 672. The van der Waals surface area contributed by atoms with Crippen molar-refractivity contribution >= 4 is 0 Å². The maximum absolute atomic E-state index is 9.26. The Morgan fingerprint density at radius 2 is 1.90 bits per heavy atom. The number of benzene rings is 1. The first-order chi connectivity index (χ1) is 9.76. The summed E-state index contributed by atoms with van der Waals surface area (Å²) < 4.78 is 5.68. The van der Waals surface area contributed by atoms with Gasteiger partial charge in [0.2, 0.25) is 5.88 Å². The molecule has 0 saturated carbocycles. The summed E-state index contributed by atoms with van der Waals surface area (Å²) in [6.45, 7) is 0. The van der Waals surface area contributed by atoms with Gasteiger partial charge in [-0.15, -0.1) is 0 Å². The van der Waals surface area contributed by atoms with Crippen LogP contribution in [0.5, 0.6) is 17.4 Å². The highest BCUT2D eigenvalue weighted by atomic mass is 16.5. The predicted octanol–water partition coefficient (Wildman–Crippen LogP) is 3.33. The molecule has 1 aromatic heterocycles. The monoisotopic (exact) mass is 266 g/mol. The number of aromatic hydroxyl groups is 1. The number of fused-ring (bicyclic) bond motifs is 1. The number of nitriles is 1. The lowest BCUT2D eigenvalue weighted by molar-refractivity contribution is 0.449. The molecule has 0 bridgehead atoms. The average Bonchev–Trinajstić information content (AvgIpc) is 2.49. The molecule has 1 aliphatic carbocycles. The molecule has 0 aliphatic heterocycles. The van der Waals surface area contributed by atoms with Gasteiger partial charge in [-0.3, -0.25) is 0 Å². The second kappa shape index (κ2) is 5.22. The molecule has 1 aromatic carbocycles. The van der Waals surface area contributed by atoms with Crippen LogP contribution in [0.1, 0.15) is 29.7 Å². The zero-order valence-electron chi connectivity index (χ0n) is 11.0. The zero-order chi connectivity index (χ0) is 13.9. The fraction of sp³-hybridized carbons (Fsp3) is 0.250. The largest absolute Gasteiger partial charge is 0.508 e. The molecule has 4 nitrogen and oxygen atoms in total. The fourth-order valence-electron chi connectivity index (χ4n) is 2.40. The first-order valence-electron chi connectivity index (χ1n) is 6.66. The van der Waals surface area contributed by atoms with Crippen molar-refractivity contribution in [1.82, 2.24) is 4.98 Å². The molecule has 0 saturated heterocycles. The van der Waals surface area contributed by atoms with E-state index < -0.39 is 0 Å². The molecule has 1 heterocycles. The van der Waals surface area contributed by atoms with E-state index in [4.69, 9.17) is 4.74 Å². The van der Waals surface area contributed by atoms with Gasteiger partial charge in [0, 0.05) is 5.69 Å². The first-order valence-corrected chi connectivity index (χ1v) is 6.66. The Morgan fingerprint density at radius 1 is 1.15 bits per heavy atom. The molecule has 4 heteroatoms. The van der Waals surface area contributed by atoms with E-state index in [2.05, 4.69) is 11.1 Å². The number of ether oxygens (including phenoxy) is 1. The van der Waals surface area contributed by atoms with Crippen LogP contribution in [0.3, 0.4) is 0 Å². The summed E-state index contributed by atoms with van der Waals surface area (Å²) in [5.41, 5.74) is 2.65. The van der Waals surface area contributed by atoms with Crippen molar-refractivity contribution in [2.24, 2.45) is 0 Å². The molecule has 1 aliphatic rings. The predicted molar refractivity (Wildman–Crippen MR) is 73.8 cm³/mol. The maximum atomic E-state index is 9.26. The number of pyridine rings is 1. The standard InChI is InChI=1S/C16H14N2O2/c17-10-12-9-11-3-1-2-4-15(11)18-16(12)20-14-7-5-13(19)6-8-14/h5-9,19H,1-4H2. The third-order valence-electron chi connectivity index (χ3n) is 3.44. The van der Waals surface area contributed by atoms with Gasteiger partial charge in [-0.25, -0.2) is 4.98 Å². The zero-order valence-corrected chi connectivity index (χ0v) is 11.0. The Kier molecular flexibility index (Phi) is 3.26. The number of hydrogen-bond donors (Lipinski definition) is 1. The van der Waals surface area contributed by atoms with Crippen LogP contribution in [0.4, 0.5) is 0 Å². The molecule has 3 rings (SSSR count). The van der Waals surface area contributed by atoms with E-state index in [1.165, 1.54) is 0 Å². The van der Waals surface area contributed by atoms with Crippen LogP contribution >= 0.6 is 0 Å². The van der Waals surface area contributed by atoms with Crippen molar-refractivity contribution < 1.29 is 9.84 Å². The van der Waals surface area contributed by atoms with Crippen molar-refractivity contribution in [2.45, 2.75) is 25.7 Å². The van der Waals surface area contributed by atoms with Crippen LogP contribution in [-0.4, -0.2) is 10.1 Å². The molecule has 0 amide bonds. The molecular formula is C16H14N2O2. The third-order valence-corrected chi connectivity index (χ3v) is 3.44. The number of phenols is 1. The highest BCUT2D eigenvalue weighted by molar-refractivity contribution is 5.45. The SMILES string of the molecule is N#Cc1cc2c(nc1Oc1ccc(O)cc1)CCCC2. The van der Waals surface area contributed by atoms with Crippen molar-refractivity contribution in [1.29, 1.82) is 5.26 Å². The highest BCUT2D eigenvalue weighted by Crippen LogP contribution is 2.29. The van der Waals surface area contributed by atoms with Gasteiger partial charge >= 0.3 is 0 Å². The van der Waals surface area contributed by atoms with E-state index in [1.54, 1.807) is 24.3 Å². The molecule has 0 atom stereocenters. The van der Waals surface area contributed by atoms with Gasteiger partial charge in [0.1, 0.15) is 23.1 Å². The minimum Gasteiger partial charge on any atom is -0.508 e. The quantitative estimate of drug-likeness (QED) is 0.905.